The van der Waals surface area contributed by atoms with Crippen molar-refractivity contribution in [3.8, 4) is 0 Å². The van der Waals surface area contributed by atoms with Crippen LogP contribution >= 0.6 is 0 Å². The summed E-state index contributed by atoms with van der Waals surface area (Å²) < 4.78 is 17.0. The average Bonchev–Trinajstić information content (AvgIpc) is 3.48. The number of hydrogen-bond donors (Lipinski definition) is 0. The van der Waals surface area contributed by atoms with Crippen LogP contribution in [0, 0.1) is 0 Å². The third-order valence-electron chi connectivity index (χ3n) is 16.8. The molecule has 0 N–H and O–H groups in total. The molecule has 0 rings (SSSR count). The molecule has 0 spiro atoms. The number of esters is 3. The predicted molar refractivity (Wildman–Crippen MR) is 358 cm³/mol. The summed E-state index contributed by atoms with van der Waals surface area (Å²) in [5.41, 5.74) is 0. The van der Waals surface area contributed by atoms with E-state index in [1.807, 2.05) is 0 Å². The minimum atomic E-state index is -0.774. The maximum Gasteiger partial charge on any atom is 0.306 e. The molecule has 0 saturated heterocycles. The summed E-state index contributed by atoms with van der Waals surface area (Å²) >= 11 is 0. The SMILES string of the molecule is CCC/C=C\CCCCCCCC(=O)OCC(COC(=O)CCCCCCCCCCCCCCCCCCCCC/C=C\CCCCCCCCCC)OC(=O)CCCCCCCCCCCCC/C=C\CCCCCCCCCC. The first-order chi connectivity index (χ1) is 40.5. The fourth-order valence-corrected chi connectivity index (χ4v) is 11.3. The maximum absolute atomic E-state index is 12.9. The van der Waals surface area contributed by atoms with Gasteiger partial charge in [-0.2, -0.15) is 0 Å². The minimum Gasteiger partial charge on any atom is -0.462 e. The fraction of sp³-hybridized carbons (Fsp3) is 0.882. The quantitative estimate of drug-likeness (QED) is 0.0261. The van der Waals surface area contributed by atoms with Crippen LogP contribution in [-0.2, 0) is 28.6 Å². The summed E-state index contributed by atoms with van der Waals surface area (Å²) in [5, 5.41) is 0. The Hall–Kier alpha value is -2.37. The molecule has 482 valence electrons. The highest BCUT2D eigenvalue weighted by molar-refractivity contribution is 5.71. The van der Waals surface area contributed by atoms with Gasteiger partial charge in [-0.3, -0.25) is 14.4 Å². The smallest absolute Gasteiger partial charge is 0.306 e. The second kappa shape index (κ2) is 71.1. The summed E-state index contributed by atoms with van der Waals surface area (Å²) in [6.07, 6.45) is 89.2. The first-order valence-corrected chi connectivity index (χ1v) is 37.0. The Kier molecular flexibility index (Phi) is 69.1. The summed E-state index contributed by atoms with van der Waals surface area (Å²) in [4.78, 5) is 38.4. The normalized spacial score (nSPS) is 12.2. The molecular weight excluding hydrogens is 1010 g/mol. The number of carbonyl (C=O) groups excluding carboxylic acids is 3. The largest absolute Gasteiger partial charge is 0.462 e. The van der Waals surface area contributed by atoms with Crippen molar-refractivity contribution in [2.45, 2.75) is 419 Å². The summed E-state index contributed by atoms with van der Waals surface area (Å²) in [7, 11) is 0. The van der Waals surface area contributed by atoms with Crippen LogP contribution < -0.4 is 0 Å². The zero-order valence-electron chi connectivity index (χ0n) is 55.5. The lowest BCUT2D eigenvalue weighted by Crippen LogP contribution is -2.30. The minimum absolute atomic E-state index is 0.0704. The molecule has 1 atom stereocenters. The fourth-order valence-electron chi connectivity index (χ4n) is 11.3. The molecule has 0 amide bonds. The van der Waals surface area contributed by atoms with Gasteiger partial charge in [0.05, 0.1) is 0 Å². The van der Waals surface area contributed by atoms with E-state index in [2.05, 4.69) is 57.2 Å². The molecule has 0 aliphatic carbocycles. The predicted octanol–water partition coefficient (Wildman–Crippen LogP) is 25.5. The van der Waals surface area contributed by atoms with E-state index in [9.17, 15) is 14.4 Å². The van der Waals surface area contributed by atoms with Gasteiger partial charge < -0.3 is 14.2 Å². The van der Waals surface area contributed by atoms with E-state index >= 15 is 0 Å². The average molecular weight is 1150 g/mol. The Balaban J connectivity index is 4.09. The molecule has 1 unspecified atom stereocenters. The van der Waals surface area contributed by atoms with Crippen LogP contribution in [0.3, 0.4) is 0 Å². The topological polar surface area (TPSA) is 78.9 Å². The van der Waals surface area contributed by atoms with E-state index in [0.717, 1.165) is 70.6 Å². The zero-order valence-corrected chi connectivity index (χ0v) is 55.5. The molecule has 6 nitrogen and oxygen atoms in total. The van der Waals surface area contributed by atoms with Crippen molar-refractivity contribution < 1.29 is 28.6 Å². The number of unbranched alkanes of at least 4 members (excludes halogenated alkanes) is 52. The summed E-state index contributed by atoms with van der Waals surface area (Å²) in [5.74, 6) is -0.855. The molecule has 0 aromatic rings. The van der Waals surface area contributed by atoms with E-state index in [0.29, 0.717) is 19.3 Å². The summed E-state index contributed by atoms with van der Waals surface area (Å²) in [6.45, 7) is 6.64. The Morgan fingerprint density at radius 3 is 0.659 bits per heavy atom. The van der Waals surface area contributed by atoms with Crippen LogP contribution in [0.1, 0.15) is 412 Å². The number of carbonyl (C=O) groups is 3. The van der Waals surface area contributed by atoms with Gasteiger partial charge in [0.2, 0.25) is 0 Å². The Morgan fingerprint density at radius 1 is 0.232 bits per heavy atom. The highest BCUT2D eigenvalue weighted by Gasteiger charge is 2.19. The molecule has 0 saturated carbocycles. The first-order valence-electron chi connectivity index (χ1n) is 37.0. The van der Waals surface area contributed by atoms with E-state index in [1.165, 1.54) is 302 Å². The van der Waals surface area contributed by atoms with Crippen molar-refractivity contribution in [3.05, 3.63) is 36.5 Å². The van der Waals surface area contributed by atoms with Crippen LogP contribution in [0.15, 0.2) is 36.5 Å². The van der Waals surface area contributed by atoms with Gasteiger partial charge in [0, 0.05) is 19.3 Å². The Labute approximate surface area is 512 Å². The molecule has 0 heterocycles. The van der Waals surface area contributed by atoms with Gasteiger partial charge >= 0.3 is 17.9 Å². The van der Waals surface area contributed by atoms with Crippen LogP contribution in [0.4, 0.5) is 0 Å². The molecule has 0 bridgehead atoms. The molecule has 0 aromatic heterocycles. The van der Waals surface area contributed by atoms with Crippen LogP contribution in [0.5, 0.6) is 0 Å². The molecule has 0 aliphatic rings. The summed E-state index contributed by atoms with van der Waals surface area (Å²) in [6, 6.07) is 0. The number of ether oxygens (including phenoxy) is 3. The van der Waals surface area contributed by atoms with Crippen molar-refractivity contribution in [1.82, 2.24) is 0 Å². The standard InChI is InChI=1S/C76H142O6/c1-4-7-10-13-16-19-22-24-26-28-30-32-34-35-36-37-38-39-40-41-43-44-46-48-50-52-54-57-60-63-66-69-75(78)81-72-73(71-80-74(77)68-65-62-59-56-21-18-15-12-9-6-3)82-76(79)70-67-64-61-58-55-53-51-49-47-45-42-33-31-29-27-25-23-20-17-14-11-8-5-2/h12,15,28-31,73H,4-11,13-14,16-27,32-72H2,1-3H3/b15-12-,30-28-,31-29-. The molecule has 0 radical (unpaired) electrons. The molecule has 0 fully saturated rings. The Morgan fingerprint density at radius 2 is 0.427 bits per heavy atom. The molecular formula is C76H142O6. The van der Waals surface area contributed by atoms with Crippen molar-refractivity contribution in [2.75, 3.05) is 13.2 Å². The maximum atomic E-state index is 12.9. The monoisotopic (exact) mass is 1150 g/mol. The van der Waals surface area contributed by atoms with Gasteiger partial charge in [-0.05, 0) is 89.9 Å². The van der Waals surface area contributed by atoms with Gasteiger partial charge in [-0.15, -0.1) is 0 Å². The Bertz CT molecular complexity index is 1370. The van der Waals surface area contributed by atoms with E-state index in [-0.39, 0.29) is 31.1 Å². The lowest BCUT2D eigenvalue weighted by atomic mass is 10.0. The molecule has 82 heavy (non-hydrogen) atoms. The molecule has 0 aromatic carbocycles. The second-order valence-corrected chi connectivity index (χ2v) is 25.2. The van der Waals surface area contributed by atoms with Crippen LogP contribution in [0.25, 0.3) is 0 Å². The lowest BCUT2D eigenvalue weighted by molar-refractivity contribution is -0.167. The van der Waals surface area contributed by atoms with Gasteiger partial charge in [0.15, 0.2) is 6.10 Å². The van der Waals surface area contributed by atoms with Crippen molar-refractivity contribution in [1.29, 1.82) is 0 Å². The van der Waals surface area contributed by atoms with Gasteiger partial charge in [-0.1, -0.05) is 340 Å². The first kappa shape index (κ1) is 79.6. The van der Waals surface area contributed by atoms with Crippen molar-refractivity contribution in [2.24, 2.45) is 0 Å². The highest BCUT2D eigenvalue weighted by Crippen LogP contribution is 2.19. The van der Waals surface area contributed by atoms with E-state index in [1.54, 1.807) is 0 Å². The highest BCUT2D eigenvalue weighted by atomic mass is 16.6. The van der Waals surface area contributed by atoms with Crippen LogP contribution in [-0.4, -0.2) is 37.2 Å². The molecule has 0 aliphatic heterocycles. The van der Waals surface area contributed by atoms with Crippen LogP contribution in [0.2, 0.25) is 0 Å². The number of hydrogen-bond acceptors (Lipinski definition) is 6. The van der Waals surface area contributed by atoms with Gasteiger partial charge in [-0.25, -0.2) is 0 Å². The zero-order chi connectivity index (χ0) is 59.2. The lowest BCUT2D eigenvalue weighted by Gasteiger charge is -2.18. The third kappa shape index (κ3) is 68.4. The van der Waals surface area contributed by atoms with Crippen molar-refractivity contribution in [3.63, 3.8) is 0 Å². The number of allylic oxidation sites excluding steroid dienone is 6. The van der Waals surface area contributed by atoms with Crippen molar-refractivity contribution >= 4 is 17.9 Å². The van der Waals surface area contributed by atoms with E-state index in [4.69, 9.17) is 14.2 Å². The second-order valence-electron chi connectivity index (χ2n) is 25.2. The number of rotatable bonds is 69. The van der Waals surface area contributed by atoms with E-state index < -0.39 is 6.10 Å². The van der Waals surface area contributed by atoms with Gasteiger partial charge in [0.1, 0.15) is 13.2 Å². The molecule has 6 heteroatoms. The van der Waals surface area contributed by atoms with Gasteiger partial charge in [0.25, 0.3) is 0 Å². The third-order valence-corrected chi connectivity index (χ3v) is 16.8.